The van der Waals surface area contributed by atoms with Crippen LogP contribution in [0.3, 0.4) is 0 Å². The van der Waals surface area contributed by atoms with Crippen molar-refractivity contribution in [3.63, 3.8) is 0 Å². The van der Waals surface area contributed by atoms with Gasteiger partial charge in [0.25, 0.3) is 0 Å². The maximum absolute atomic E-state index is 11.6. The molecule has 1 aromatic rings. The van der Waals surface area contributed by atoms with Crippen LogP contribution in [-0.4, -0.2) is 42.8 Å². The van der Waals surface area contributed by atoms with Gasteiger partial charge in [0.05, 0.1) is 0 Å². The summed E-state index contributed by atoms with van der Waals surface area (Å²) in [5.41, 5.74) is 1.03. The van der Waals surface area contributed by atoms with Crippen molar-refractivity contribution in [2.75, 3.05) is 19.8 Å². The predicted molar refractivity (Wildman–Crippen MR) is 77.4 cm³/mol. The highest BCUT2D eigenvalue weighted by Gasteiger charge is 2.11. The van der Waals surface area contributed by atoms with Gasteiger partial charge in [-0.2, -0.15) is 0 Å². The summed E-state index contributed by atoms with van der Waals surface area (Å²) in [6.07, 6.45) is 0.242. The van der Waals surface area contributed by atoms with Gasteiger partial charge in [0.1, 0.15) is 11.9 Å². The van der Waals surface area contributed by atoms with Crippen molar-refractivity contribution < 1.29 is 24.2 Å². The molecule has 0 aromatic heterocycles. The highest BCUT2D eigenvalue weighted by atomic mass is 16.5. The van der Waals surface area contributed by atoms with Crippen molar-refractivity contribution in [3.05, 3.63) is 29.8 Å². The predicted octanol–water partition coefficient (Wildman–Crippen LogP) is 1.23. The zero-order valence-corrected chi connectivity index (χ0v) is 12.3. The van der Waals surface area contributed by atoms with Crippen LogP contribution in [-0.2, 0) is 20.7 Å². The number of hydrogen-bond donors (Lipinski definition) is 2. The first-order chi connectivity index (χ1) is 10.0. The van der Waals surface area contributed by atoms with Gasteiger partial charge in [0.2, 0.25) is 5.91 Å². The fourth-order valence-electron chi connectivity index (χ4n) is 1.70. The smallest absolute Gasteiger partial charge is 0.341 e. The number of rotatable bonds is 9. The highest BCUT2D eigenvalue weighted by Crippen LogP contribution is 2.12. The van der Waals surface area contributed by atoms with E-state index in [1.165, 1.54) is 0 Å². The van der Waals surface area contributed by atoms with Crippen LogP contribution in [0.15, 0.2) is 24.3 Å². The molecule has 1 rings (SSSR count). The zero-order chi connectivity index (χ0) is 15.7. The Bertz CT molecular complexity index is 458. The molecule has 0 saturated heterocycles. The summed E-state index contributed by atoms with van der Waals surface area (Å²) >= 11 is 0. The summed E-state index contributed by atoms with van der Waals surface area (Å²) in [7, 11) is 0. The van der Waals surface area contributed by atoms with E-state index in [1.807, 2.05) is 19.1 Å². The van der Waals surface area contributed by atoms with Crippen molar-refractivity contribution >= 4 is 11.9 Å². The van der Waals surface area contributed by atoms with Gasteiger partial charge in [-0.05, 0) is 38.0 Å². The van der Waals surface area contributed by atoms with E-state index in [0.717, 1.165) is 5.56 Å². The summed E-state index contributed by atoms with van der Waals surface area (Å²) in [4.78, 5) is 22.0. The van der Waals surface area contributed by atoms with Gasteiger partial charge in [-0.1, -0.05) is 12.1 Å². The fourth-order valence-corrected chi connectivity index (χ4v) is 1.70. The maximum Gasteiger partial charge on any atom is 0.341 e. The Balaban J connectivity index is 2.32. The number of aliphatic carboxylic acids is 1. The van der Waals surface area contributed by atoms with E-state index in [-0.39, 0.29) is 12.5 Å². The van der Waals surface area contributed by atoms with E-state index in [1.54, 1.807) is 19.1 Å². The molecule has 1 aromatic carbocycles. The Morgan fingerprint density at radius 1 is 1.29 bits per heavy atom. The fraction of sp³-hybridized carbons (Fsp3) is 0.467. The Morgan fingerprint density at radius 3 is 2.52 bits per heavy atom. The standard InChI is InChI=1S/C15H21NO5/c1-3-20-11(2)15(19)16-9-8-12-4-6-13(7-5-12)21-10-14(17)18/h4-7,11H,3,8-10H2,1-2H3,(H,16,19)(H,17,18). The monoisotopic (exact) mass is 295 g/mol. The van der Waals surface area contributed by atoms with Crippen LogP contribution in [0.5, 0.6) is 5.75 Å². The SMILES string of the molecule is CCOC(C)C(=O)NCCc1ccc(OCC(=O)O)cc1. The third-order valence-corrected chi connectivity index (χ3v) is 2.78. The largest absolute Gasteiger partial charge is 0.482 e. The van der Waals surface area contributed by atoms with Gasteiger partial charge < -0.3 is 19.9 Å². The molecular weight excluding hydrogens is 274 g/mol. The number of hydrogen-bond acceptors (Lipinski definition) is 4. The minimum Gasteiger partial charge on any atom is -0.482 e. The minimum atomic E-state index is -1.01. The lowest BCUT2D eigenvalue weighted by atomic mass is 10.1. The molecule has 0 aliphatic heterocycles. The molecule has 0 bridgehead atoms. The number of carbonyl (C=O) groups excluding carboxylic acids is 1. The van der Waals surface area contributed by atoms with E-state index >= 15 is 0 Å². The third-order valence-electron chi connectivity index (χ3n) is 2.78. The zero-order valence-electron chi connectivity index (χ0n) is 12.3. The van der Waals surface area contributed by atoms with Gasteiger partial charge >= 0.3 is 5.97 Å². The Morgan fingerprint density at radius 2 is 1.95 bits per heavy atom. The van der Waals surface area contributed by atoms with Crippen molar-refractivity contribution in [1.29, 1.82) is 0 Å². The Hall–Kier alpha value is -2.08. The number of ether oxygens (including phenoxy) is 2. The van der Waals surface area contributed by atoms with Crippen LogP contribution in [0.4, 0.5) is 0 Å². The number of nitrogens with one attached hydrogen (secondary N) is 1. The topological polar surface area (TPSA) is 84.9 Å². The molecule has 116 valence electrons. The minimum absolute atomic E-state index is 0.127. The van der Waals surface area contributed by atoms with E-state index < -0.39 is 12.1 Å². The van der Waals surface area contributed by atoms with E-state index in [0.29, 0.717) is 25.3 Å². The average molecular weight is 295 g/mol. The lowest BCUT2D eigenvalue weighted by Gasteiger charge is -2.12. The molecule has 0 fully saturated rings. The van der Waals surface area contributed by atoms with Crippen LogP contribution >= 0.6 is 0 Å². The summed E-state index contributed by atoms with van der Waals surface area (Å²) in [5.74, 6) is -0.626. The van der Waals surface area contributed by atoms with E-state index in [9.17, 15) is 9.59 Å². The van der Waals surface area contributed by atoms with Crippen LogP contribution in [0.25, 0.3) is 0 Å². The van der Waals surface area contributed by atoms with Crippen molar-refractivity contribution in [1.82, 2.24) is 5.32 Å². The lowest BCUT2D eigenvalue weighted by Crippen LogP contribution is -2.35. The molecule has 0 saturated carbocycles. The molecular formula is C15H21NO5. The number of carboxylic acid groups (broad SMARTS) is 1. The van der Waals surface area contributed by atoms with Gasteiger partial charge in [0, 0.05) is 13.2 Å². The van der Waals surface area contributed by atoms with Gasteiger partial charge in [-0.25, -0.2) is 4.79 Å². The Kier molecular flexibility index (Phi) is 7.25. The van der Waals surface area contributed by atoms with Crippen LogP contribution in [0.2, 0.25) is 0 Å². The summed E-state index contributed by atoms with van der Waals surface area (Å²) in [6.45, 7) is 4.23. The average Bonchev–Trinajstić information content (AvgIpc) is 2.46. The number of benzene rings is 1. The van der Waals surface area contributed by atoms with Crippen molar-refractivity contribution in [3.8, 4) is 5.75 Å². The molecule has 0 heterocycles. The molecule has 0 radical (unpaired) electrons. The molecule has 6 heteroatoms. The summed E-state index contributed by atoms with van der Waals surface area (Å²) in [6, 6.07) is 7.11. The normalized spacial score (nSPS) is 11.7. The molecule has 2 N–H and O–H groups in total. The third kappa shape index (κ3) is 6.76. The molecule has 0 spiro atoms. The highest BCUT2D eigenvalue weighted by molar-refractivity contribution is 5.80. The molecule has 6 nitrogen and oxygen atoms in total. The van der Waals surface area contributed by atoms with Gasteiger partial charge in [-0.3, -0.25) is 4.79 Å². The number of carboxylic acids is 1. The molecule has 21 heavy (non-hydrogen) atoms. The van der Waals surface area contributed by atoms with Crippen LogP contribution in [0, 0.1) is 0 Å². The van der Waals surface area contributed by atoms with Gasteiger partial charge in [0.15, 0.2) is 6.61 Å². The number of amides is 1. The summed E-state index contributed by atoms with van der Waals surface area (Å²) < 4.78 is 10.2. The second kappa shape index (κ2) is 8.97. The molecule has 1 atom stereocenters. The molecule has 0 aliphatic carbocycles. The van der Waals surface area contributed by atoms with Crippen molar-refractivity contribution in [2.45, 2.75) is 26.4 Å². The quantitative estimate of drug-likeness (QED) is 0.716. The molecule has 1 amide bonds. The van der Waals surface area contributed by atoms with Crippen LogP contribution in [0.1, 0.15) is 19.4 Å². The van der Waals surface area contributed by atoms with Gasteiger partial charge in [-0.15, -0.1) is 0 Å². The molecule has 0 aliphatic rings. The van der Waals surface area contributed by atoms with Crippen molar-refractivity contribution in [2.24, 2.45) is 0 Å². The Labute approximate surface area is 124 Å². The first kappa shape index (κ1) is 17.0. The second-order valence-corrected chi connectivity index (χ2v) is 4.46. The first-order valence-electron chi connectivity index (χ1n) is 6.85. The number of carbonyl (C=O) groups is 2. The second-order valence-electron chi connectivity index (χ2n) is 4.46. The van der Waals surface area contributed by atoms with E-state index in [2.05, 4.69) is 5.32 Å². The maximum atomic E-state index is 11.6. The first-order valence-corrected chi connectivity index (χ1v) is 6.85. The van der Waals surface area contributed by atoms with Crippen LogP contribution < -0.4 is 10.1 Å². The van der Waals surface area contributed by atoms with E-state index in [4.69, 9.17) is 14.6 Å². The summed E-state index contributed by atoms with van der Waals surface area (Å²) in [5, 5.41) is 11.3. The lowest BCUT2D eigenvalue weighted by molar-refractivity contribution is -0.139. The molecule has 1 unspecified atom stereocenters.